The van der Waals surface area contributed by atoms with Gasteiger partial charge in [0.05, 0.1) is 18.0 Å². The third kappa shape index (κ3) is 5.71. The molecule has 2 aliphatic rings. The number of halogens is 2. The van der Waals surface area contributed by atoms with Gasteiger partial charge in [-0.15, -0.1) is 12.4 Å². The number of fused-ring (bicyclic) bond motifs is 1. The summed E-state index contributed by atoms with van der Waals surface area (Å²) in [6.07, 6.45) is 5.48. The van der Waals surface area contributed by atoms with Crippen molar-refractivity contribution in [1.29, 1.82) is 0 Å². The molecule has 37 heavy (non-hydrogen) atoms. The van der Waals surface area contributed by atoms with Gasteiger partial charge in [0, 0.05) is 55.3 Å². The number of anilines is 1. The van der Waals surface area contributed by atoms with E-state index in [0.29, 0.717) is 18.1 Å². The number of nitrogens with zero attached hydrogens (tertiary/aromatic N) is 5. The fourth-order valence-corrected chi connectivity index (χ4v) is 6.82. The maximum Gasteiger partial charge on any atom is 0.252 e. The van der Waals surface area contributed by atoms with Crippen molar-refractivity contribution in [2.75, 3.05) is 44.2 Å². The van der Waals surface area contributed by atoms with Crippen LogP contribution in [0.2, 0.25) is 5.02 Å². The summed E-state index contributed by atoms with van der Waals surface area (Å²) in [5.41, 5.74) is 1.16. The van der Waals surface area contributed by atoms with Crippen LogP contribution in [0.25, 0.3) is 10.8 Å². The van der Waals surface area contributed by atoms with Crippen molar-refractivity contribution in [3.8, 4) is 0 Å². The lowest BCUT2D eigenvalue weighted by molar-refractivity contribution is -0.159. The molecule has 2 aromatic carbocycles. The molecule has 0 atom stereocenters. The van der Waals surface area contributed by atoms with Crippen LogP contribution in [-0.2, 0) is 14.8 Å². The Labute approximate surface area is 229 Å². The summed E-state index contributed by atoms with van der Waals surface area (Å²) in [5.74, 6) is -0.184. The summed E-state index contributed by atoms with van der Waals surface area (Å²) >= 11 is 6.05. The van der Waals surface area contributed by atoms with Gasteiger partial charge in [-0.2, -0.15) is 4.31 Å². The lowest BCUT2D eigenvalue weighted by atomic mass is 10.0. The Morgan fingerprint density at radius 3 is 2.32 bits per heavy atom. The maximum absolute atomic E-state index is 13.4. The Morgan fingerprint density at radius 2 is 1.65 bits per heavy atom. The van der Waals surface area contributed by atoms with Crippen LogP contribution in [0.3, 0.4) is 0 Å². The number of hydrazine groups is 1. The van der Waals surface area contributed by atoms with E-state index < -0.39 is 10.0 Å². The number of pyridine rings is 1. The second-order valence-electron chi connectivity index (χ2n) is 9.19. The van der Waals surface area contributed by atoms with Gasteiger partial charge in [0.2, 0.25) is 10.0 Å². The molecule has 0 unspecified atom stereocenters. The van der Waals surface area contributed by atoms with Crippen molar-refractivity contribution in [2.45, 2.75) is 30.7 Å². The lowest BCUT2D eigenvalue weighted by Crippen LogP contribution is -2.61. The number of piperazine rings is 1. The number of sulfonamides is 1. The number of rotatable bonds is 6. The molecule has 3 aromatic rings. The number of piperidine rings is 1. The Bertz CT molecular complexity index is 1350. The van der Waals surface area contributed by atoms with Gasteiger partial charge < -0.3 is 4.90 Å². The van der Waals surface area contributed by atoms with E-state index in [9.17, 15) is 13.2 Å². The molecular weight excluding hydrogens is 533 g/mol. The molecule has 0 aliphatic carbocycles. The lowest BCUT2D eigenvalue weighted by Gasteiger charge is -2.46. The Balaban J connectivity index is 0.00000320. The van der Waals surface area contributed by atoms with E-state index in [1.807, 2.05) is 19.1 Å². The first-order valence-corrected chi connectivity index (χ1v) is 14.1. The summed E-state index contributed by atoms with van der Waals surface area (Å²) in [5, 5.41) is 6.16. The smallest absolute Gasteiger partial charge is 0.252 e. The van der Waals surface area contributed by atoms with Crippen LogP contribution in [0.1, 0.15) is 19.8 Å². The van der Waals surface area contributed by atoms with Crippen LogP contribution < -0.4 is 4.90 Å². The monoisotopic (exact) mass is 563 g/mol. The summed E-state index contributed by atoms with van der Waals surface area (Å²) in [4.78, 5) is 19.8. The SMILES string of the molecule is CCN(C1CCN(c2ccncc2)CC1)N1CCN(S(=O)(=O)c2ccc3cc(Cl)ccc3c2)CC1=O.Cl. The predicted molar refractivity (Wildman–Crippen MR) is 149 cm³/mol. The molecule has 0 spiro atoms. The van der Waals surface area contributed by atoms with Gasteiger partial charge in [0.15, 0.2) is 0 Å². The normalized spacial score (nSPS) is 17.9. The largest absolute Gasteiger partial charge is 0.371 e. The predicted octanol–water partition coefficient (Wildman–Crippen LogP) is 4.05. The van der Waals surface area contributed by atoms with Crippen LogP contribution in [0.5, 0.6) is 0 Å². The van der Waals surface area contributed by atoms with Crippen LogP contribution in [0.4, 0.5) is 5.69 Å². The summed E-state index contributed by atoms with van der Waals surface area (Å²) in [6.45, 7) is 5.01. The number of hydrogen-bond donors (Lipinski definition) is 0. The van der Waals surface area contributed by atoms with Crippen molar-refractivity contribution in [1.82, 2.24) is 19.3 Å². The second-order valence-corrected chi connectivity index (χ2v) is 11.6. The molecule has 0 saturated carbocycles. The van der Waals surface area contributed by atoms with Gasteiger partial charge >= 0.3 is 0 Å². The van der Waals surface area contributed by atoms with Crippen molar-refractivity contribution >= 4 is 56.4 Å². The highest BCUT2D eigenvalue weighted by molar-refractivity contribution is 7.89. The van der Waals surface area contributed by atoms with Crippen molar-refractivity contribution < 1.29 is 13.2 Å². The van der Waals surface area contributed by atoms with E-state index in [2.05, 4.69) is 14.9 Å². The zero-order valence-corrected chi connectivity index (χ0v) is 23.1. The minimum absolute atomic E-state index is 0. The van der Waals surface area contributed by atoms with Gasteiger partial charge in [-0.3, -0.25) is 14.8 Å². The molecule has 8 nitrogen and oxygen atoms in total. The number of carbonyl (C=O) groups excluding carboxylic acids is 1. The highest BCUT2D eigenvalue weighted by Crippen LogP contribution is 2.27. The quantitative estimate of drug-likeness (QED) is 0.450. The Hall–Kier alpha value is -2.43. The summed E-state index contributed by atoms with van der Waals surface area (Å²) in [6, 6.07) is 14.6. The topological polar surface area (TPSA) is 77.1 Å². The van der Waals surface area contributed by atoms with Gasteiger partial charge in [-0.25, -0.2) is 13.4 Å². The van der Waals surface area contributed by atoms with E-state index in [-0.39, 0.29) is 42.3 Å². The molecule has 2 fully saturated rings. The number of carbonyl (C=O) groups is 1. The third-order valence-electron chi connectivity index (χ3n) is 7.12. The van der Waals surface area contributed by atoms with Crippen LogP contribution in [0.15, 0.2) is 65.8 Å². The standard InChI is InChI=1S/C26H30ClN5O3S.ClH/c1-2-31(24-9-13-29(14-10-24)23-7-11-28-12-8-23)32-16-15-30(19-26(32)33)36(34,35)25-6-4-20-17-22(27)5-3-21(20)18-25;/h3-8,11-12,17-18,24H,2,9-10,13-16,19H2,1H3;1H. The maximum atomic E-state index is 13.4. The number of amides is 1. The van der Waals surface area contributed by atoms with E-state index in [4.69, 9.17) is 11.6 Å². The van der Waals surface area contributed by atoms with Gasteiger partial charge in [0.1, 0.15) is 0 Å². The molecule has 11 heteroatoms. The number of aromatic nitrogens is 1. The first-order chi connectivity index (χ1) is 17.4. The second kappa shape index (κ2) is 11.5. The molecule has 1 amide bonds. The highest BCUT2D eigenvalue weighted by Gasteiger charge is 2.37. The Kier molecular flexibility index (Phi) is 8.60. The van der Waals surface area contributed by atoms with Crippen LogP contribution in [0, 0.1) is 0 Å². The molecule has 3 heterocycles. The minimum Gasteiger partial charge on any atom is -0.371 e. The molecule has 0 radical (unpaired) electrons. The van der Waals surface area contributed by atoms with E-state index in [1.54, 1.807) is 53.8 Å². The molecule has 2 aliphatic heterocycles. The molecule has 5 rings (SSSR count). The fraction of sp³-hybridized carbons (Fsp3) is 0.385. The average molecular weight is 565 g/mol. The molecule has 198 valence electrons. The minimum atomic E-state index is -3.79. The summed E-state index contributed by atoms with van der Waals surface area (Å²) < 4.78 is 28.0. The van der Waals surface area contributed by atoms with E-state index in [1.165, 1.54) is 4.31 Å². The van der Waals surface area contributed by atoms with Crippen molar-refractivity contribution in [3.05, 3.63) is 65.9 Å². The fourth-order valence-electron chi connectivity index (χ4n) is 5.23. The zero-order valence-electron chi connectivity index (χ0n) is 20.7. The van der Waals surface area contributed by atoms with Crippen LogP contribution in [-0.4, -0.2) is 78.9 Å². The zero-order chi connectivity index (χ0) is 25.3. The summed E-state index contributed by atoms with van der Waals surface area (Å²) in [7, 11) is -3.79. The highest BCUT2D eigenvalue weighted by atomic mass is 35.5. The molecule has 0 N–H and O–H groups in total. The number of benzene rings is 2. The van der Waals surface area contributed by atoms with Gasteiger partial charge in [0.25, 0.3) is 5.91 Å². The van der Waals surface area contributed by atoms with Crippen LogP contribution >= 0.6 is 24.0 Å². The molecule has 2 saturated heterocycles. The van der Waals surface area contributed by atoms with E-state index >= 15 is 0 Å². The Morgan fingerprint density at radius 1 is 0.973 bits per heavy atom. The molecule has 1 aromatic heterocycles. The van der Waals surface area contributed by atoms with Gasteiger partial charge in [-0.05, 0) is 60.0 Å². The van der Waals surface area contributed by atoms with Crippen molar-refractivity contribution in [2.24, 2.45) is 0 Å². The first-order valence-electron chi connectivity index (χ1n) is 12.3. The third-order valence-corrected chi connectivity index (χ3v) is 9.20. The molecule has 0 bridgehead atoms. The first kappa shape index (κ1) is 27.6. The number of hydrogen-bond acceptors (Lipinski definition) is 6. The van der Waals surface area contributed by atoms with Crippen molar-refractivity contribution in [3.63, 3.8) is 0 Å². The average Bonchev–Trinajstić information content (AvgIpc) is 2.90. The van der Waals surface area contributed by atoms with E-state index in [0.717, 1.165) is 42.4 Å². The molecular formula is C26H31Cl2N5O3S. The van der Waals surface area contributed by atoms with Gasteiger partial charge in [-0.1, -0.05) is 30.7 Å².